The van der Waals surface area contributed by atoms with E-state index in [1.165, 1.54) is 16.5 Å². The Morgan fingerprint density at radius 3 is 2.56 bits per heavy atom. The highest BCUT2D eigenvalue weighted by Gasteiger charge is 2.38. The molecule has 4 rings (SSSR count). The van der Waals surface area contributed by atoms with Gasteiger partial charge >= 0.3 is 0 Å². The van der Waals surface area contributed by atoms with Crippen LogP contribution in [0.3, 0.4) is 0 Å². The van der Waals surface area contributed by atoms with Gasteiger partial charge in [-0.05, 0) is 48.9 Å². The van der Waals surface area contributed by atoms with E-state index in [9.17, 15) is 8.42 Å². The zero-order valence-electron chi connectivity index (χ0n) is 14.5. The molecule has 0 N–H and O–H groups in total. The summed E-state index contributed by atoms with van der Waals surface area (Å²) in [6, 6.07) is 17.0. The zero-order valence-corrected chi connectivity index (χ0v) is 16.1. The first-order valence-corrected chi connectivity index (χ1v) is 10.2. The van der Waals surface area contributed by atoms with Crippen LogP contribution in [0.4, 0.5) is 0 Å². The Morgan fingerprint density at radius 2 is 1.89 bits per heavy atom. The van der Waals surface area contributed by atoms with Crippen molar-refractivity contribution in [2.75, 3.05) is 0 Å². The molecule has 0 saturated heterocycles. The summed E-state index contributed by atoms with van der Waals surface area (Å²) in [7, 11) is -3.84. The second-order valence-electron chi connectivity index (χ2n) is 6.39. The predicted octanol–water partition coefficient (Wildman–Crippen LogP) is 4.78. The monoisotopic (exact) mass is 400 g/mol. The van der Waals surface area contributed by atoms with Gasteiger partial charge in [-0.2, -0.15) is 17.9 Å². The first-order chi connectivity index (χ1) is 12.9. The maximum atomic E-state index is 13.3. The fourth-order valence-corrected chi connectivity index (χ4v) is 4.70. The van der Waals surface area contributed by atoms with Gasteiger partial charge in [0.25, 0.3) is 10.0 Å². The van der Waals surface area contributed by atoms with E-state index < -0.39 is 16.1 Å². The van der Waals surface area contributed by atoms with Crippen molar-refractivity contribution in [3.05, 3.63) is 88.8 Å². The number of benzene rings is 2. The van der Waals surface area contributed by atoms with Crippen molar-refractivity contribution in [3.8, 4) is 0 Å². The molecule has 7 heteroatoms. The number of rotatable bonds is 4. The van der Waals surface area contributed by atoms with E-state index in [-0.39, 0.29) is 4.90 Å². The minimum absolute atomic E-state index is 0.147. The Bertz CT molecular complexity index is 1090. The third-order valence-corrected chi connectivity index (χ3v) is 6.41. The molecule has 1 atom stereocenters. The molecule has 0 saturated carbocycles. The van der Waals surface area contributed by atoms with Crippen LogP contribution in [0.5, 0.6) is 0 Å². The molecule has 0 bridgehead atoms. The van der Waals surface area contributed by atoms with Crippen LogP contribution in [0.15, 0.2) is 81.3 Å². The molecule has 2 heterocycles. The first-order valence-electron chi connectivity index (χ1n) is 8.43. The number of halogens is 1. The van der Waals surface area contributed by atoms with Gasteiger partial charge in [0, 0.05) is 11.4 Å². The number of nitrogens with zero attached hydrogens (tertiary/aromatic N) is 2. The Hall–Kier alpha value is -2.57. The van der Waals surface area contributed by atoms with E-state index in [0.717, 1.165) is 11.1 Å². The molecule has 2 aromatic carbocycles. The van der Waals surface area contributed by atoms with E-state index in [1.54, 1.807) is 30.5 Å². The summed E-state index contributed by atoms with van der Waals surface area (Å²) in [5.41, 5.74) is 2.55. The Balaban J connectivity index is 1.80. The van der Waals surface area contributed by atoms with Gasteiger partial charge in [-0.25, -0.2) is 0 Å². The van der Waals surface area contributed by atoms with Crippen LogP contribution in [-0.2, 0) is 10.0 Å². The molecule has 0 fully saturated rings. The normalized spacial score (nSPS) is 17.2. The van der Waals surface area contributed by atoms with Crippen molar-refractivity contribution in [1.29, 1.82) is 0 Å². The smallest absolute Gasteiger partial charge is 0.279 e. The fourth-order valence-electron chi connectivity index (χ4n) is 3.14. The average Bonchev–Trinajstić information content (AvgIpc) is 3.32. The van der Waals surface area contributed by atoms with Crippen molar-refractivity contribution < 1.29 is 12.8 Å². The van der Waals surface area contributed by atoms with Gasteiger partial charge in [0.05, 0.1) is 17.2 Å². The number of furan rings is 1. The van der Waals surface area contributed by atoms with Crippen molar-refractivity contribution in [1.82, 2.24) is 4.41 Å². The van der Waals surface area contributed by atoms with Gasteiger partial charge in [0.1, 0.15) is 11.5 Å². The van der Waals surface area contributed by atoms with Gasteiger partial charge < -0.3 is 4.42 Å². The molecule has 1 aliphatic heterocycles. The number of hydrogen-bond acceptors (Lipinski definition) is 4. The summed E-state index contributed by atoms with van der Waals surface area (Å²) in [5, 5.41) is 4.90. The zero-order chi connectivity index (χ0) is 19.0. The van der Waals surface area contributed by atoms with Gasteiger partial charge in [-0.3, -0.25) is 0 Å². The molecule has 5 nitrogen and oxygen atoms in total. The SMILES string of the molecule is Cc1cccc([C@@H]2CC(c3ccco3)=NN2S(=O)(=O)c2ccc(Cl)cc2)c1. The highest BCUT2D eigenvalue weighted by atomic mass is 35.5. The standard InChI is InChI=1S/C20H17ClN2O3S/c1-14-4-2-5-15(12-14)19-13-18(20-6-3-11-26-20)22-23(19)27(24,25)17-9-7-16(21)8-10-17/h2-12,19H,13H2,1H3/t19-/m0/s1. The summed E-state index contributed by atoms with van der Waals surface area (Å²) in [4.78, 5) is 0.147. The van der Waals surface area contributed by atoms with E-state index in [0.29, 0.717) is 22.9 Å². The van der Waals surface area contributed by atoms with E-state index in [4.69, 9.17) is 16.0 Å². The second-order valence-corrected chi connectivity index (χ2v) is 8.62. The van der Waals surface area contributed by atoms with Crippen LogP contribution in [0.1, 0.15) is 29.3 Å². The summed E-state index contributed by atoms with van der Waals surface area (Å²) in [6.45, 7) is 1.98. The van der Waals surface area contributed by atoms with Crippen LogP contribution >= 0.6 is 11.6 Å². The van der Waals surface area contributed by atoms with E-state index in [1.807, 2.05) is 31.2 Å². The molecule has 0 spiro atoms. The van der Waals surface area contributed by atoms with Gasteiger partial charge in [-0.15, -0.1) is 0 Å². The van der Waals surface area contributed by atoms with E-state index >= 15 is 0 Å². The molecular weight excluding hydrogens is 384 g/mol. The maximum Gasteiger partial charge on any atom is 0.279 e. The van der Waals surface area contributed by atoms with E-state index in [2.05, 4.69) is 5.10 Å². The average molecular weight is 401 g/mol. The van der Waals surface area contributed by atoms with Crippen molar-refractivity contribution in [2.45, 2.75) is 24.3 Å². The molecular formula is C20H17ClN2O3S. The molecule has 1 aromatic heterocycles. The Labute approximate surface area is 162 Å². The highest BCUT2D eigenvalue weighted by Crippen LogP contribution is 2.37. The van der Waals surface area contributed by atoms with Crippen LogP contribution < -0.4 is 0 Å². The lowest BCUT2D eigenvalue weighted by Gasteiger charge is -2.23. The second kappa shape index (κ2) is 6.87. The minimum Gasteiger partial charge on any atom is -0.463 e. The summed E-state index contributed by atoms with van der Waals surface area (Å²) in [5.74, 6) is 0.571. The number of hydrazone groups is 1. The molecule has 1 aliphatic rings. The molecule has 3 aromatic rings. The Morgan fingerprint density at radius 1 is 1.11 bits per heavy atom. The molecule has 0 radical (unpaired) electrons. The van der Waals surface area contributed by atoms with Gasteiger partial charge in [-0.1, -0.05) is 41.4 Å². The lowest BCUT2D eigenvalue weighted by atomic mass is 10.0. The summed E-state index contributed by atoms with van der Waals surface area (Å²) < 4.78 is 33.2. The quantitative estimate of drug-likeness (QED) is 0.633. The lowest BCUT2D eigenvalue weighted by Crippen LogP contribution is -2.27. The first kappa shape index (κ1) is 17.8. The van der Waals surface area contributed by atoms with Gasteiger partial charge in [0.2, 0.25) is 0 Å². The number of sulfonamides is 1. The van der Waals surface area contributed by atoms with Crippen LogP contribution in [0.25, 0.3) is 0 Å². The topological polar surface area (TPSA) is 62.9 Å². The molecule has 138 valence electrons. The molecule has 27 heavy (non-hydrogen) atoms. The number of aryl methyl sites for hydroxylation is 1. The molecule has 0 amide bonds. The van der Waals surface area contributed by atoms with Crippen LogP contribution in [-0.4, -0.2) is 18.5 Å². The Kier molecular flexibility index (Phi) is 4.53. The van der Waals surface area contributed by atoms with Gasteiger partial charge in [0.15, 0.2) is 0 Å². The van der Waals surface area contributed by atoms with Crippen LogP contribution in [0, 0.1) is 6.92 Å². The highest BCUT2D eigenvalue weighted by molar-refractivity contribution is 7.89. The van der Waals surface area contributed by atoms with Crippen molar-refractivity contribution >= 4 is 27.3 Å². The summed E-state index contributed by atoms with van der Waals surface area (Å²) in [6.07, 6.45) is 1.99. The maximum absolute atomic E-state index is 13.3. The van der Waals surface area contributed by atoms with Crippen LogP contribution in [0.2, 0.25) is 5.02 Å². The minimum atomic E-state index is -3.84. The fraction of sp³-hybridized carbons (Fsp3) is 0.150. The molecule has 0 aliphatic carbocycles. The largest absolute Gasteiger partial charge is 0.463 e. The number of hydrogen-bond donors (Lipinski definition) is 0. The van der Waals surface area contributed by atoms with Crippen molar-refractivity contribution in [2.24, 2.45) is 5.10 Å². The predicted molar refractivity (Wildman–Crippen MR) is 104 cm³/mol. The summed E-state index contributed by atoms with van der Waals surface area (Å²) >= 11 is 5.91. The third-order valence-electron chi connectivity index (χ3n) is 4.46. The third kappa shape index (κ3) is 3.38. The molecule has 0 unspecified atom stereocenters. The lowest BCUT2D eigenvalue weighted by molar-refractivity contribution is 0.371. The van der Waals surface area contributed by atoms with Crippen molar-refractivity contribution in [3.63, 3.8) is 0 Å².